The van der Waals surface area contributed by atoms with Crippen LogP contribution in [-0.4, -0.2) is 0 Å². The molecule has 0 aromatic heterocycles. The maximum Gasteiger partial charge on any atom is -0.0144 e. The van der Waals surface area contributed by atoms with Gasteiger partial charge in [0.15, 0.2) is 0 Å². The van der Waals surface area contributed by atoms with Gasteiger partial charge in [0.05, 0.1) is 0 Å². The lowest BCUT2D eigenvalue weighted by molar-refractivity contribution is 0.708. The first-order valence-electron chi connectivity index (χ1n) is 4.08. The van der Waals surface area contributed by atoms with Crippen LogP contribution in [0.2, 0.25) is 0 Å². The average Bonchev–Trinajstić information content (AvgIpc) is 1.89. The minimum absolute atomic E-state index is 0.990. The monoisotopic (exact) mass is 138 g/mol. The molecule has 0 rings (SSSR count). The summed E-state index contributed by atoms with van der Waals surface area (Å²) in [5.74, 6) is 0. The van der Waals surface area contributed by atoms with Crippen LogP contribution in [0.1, 0.15) is 39.0 Å². The number of hydrogen-bond acceptors (Lipinski definition) is 0. The van der Waals surface area contributed by atoms with Crippen molar-refractivity contribution in [2.75, 3.05) is 0 Å². The Hall–Kier alpha value is -0.520. The van der Waals surface area contributed by atoms with Gasteiger partial charge in [-0.25, -0.2) is 0 Å². The summed E-state index contributed by atoms with van der Waals surface area (Å²) in [5, 5.41) is 0. The predicted molar refractivity (Wildman–Crippen MR) is 48.1 cm³/mol. The summed E-state index contributed by atoms with van der Waals surface area (Å²) >= 11 is 0. The van der Waals surface area contributed by atoms with Crippen LogP contribution in [0.5, 0.6) is 0 Å². The number of unbranched alkanes of at least 4 members (excludes halogenated alkanes) is 2. The summed E-state index contributed by atoms with van der Waals surface area (Å²) in [5.41, 5.74) is 1.32. The van der Waals surface area contributed by atoms with Gasteiger partial charge < -0.3 is 0 Å². The quantitative estimate of drug-likeness (QED) is 0.388. The number of hydrogen-bond donors (Lipinski definition) is 0. The van der Waals surface area contributed by atoms with Gasteiger partial charge in [-0.1, -0.05) is 38.0 Å². The Bertz CT molecular complexity index is 101. The Morgan fingerprint density at radius 2 is 2.10 bits per heavy atom. The summed E-state index contributed by atoms with van der Waals surface area (Å²) in [6, 6.07) is 0. The molecule has 0 heterocycles. The molecule has 0 unspecified atom stereocenters. The Labute approximate surface area is 64.6 Å². The van der Waals surface area contributed by atoms with Crippen LogP contribution < -0.4 is 0 Å². The highest BCUT2D eigenvalue weighted by Gasteiger charge is 1.90. The van der Waals surface area contributed by atoms with Crippen LogP contribution in [0.4, 0.5) is 0 Å². The molecular formula is C10H18. The van der Waals surface area contributed by atoms with Crippen LogP contribution in [-0.2, 0) is 0 Å². The fourth-order valence-electron chi connectivity index (χ4n) is 0.931. The molecule has 0 heteroatoms. The molecule has 0 aliphatic heterocycles. The zero-order valence-electron chi connectivity index (χ0n) is 7.03. The smallest absolute Gasteiger partial charge is 0.0144 e. The second kappa shape index (κ2) is 6.60. The van der Waals surface area contributed by atoms with Gasteiger partial charge in [0.25, 0.3) is 0 Å². The van der Waals surface area contributed by atoms with E-state index >= 15 is 0 Å². The molecule has 0 amide bonds. The highest BCUT2D eigenvalue weighted by molar-refractivity contribution is 4.99. The molecule has 0 bridgehead atoms. The van der Waals surface area contributed by atoms with Gasteiger partial charge >= 0.3 is 0 Å². The second-order valence-electron chi connectivity index (χ2n) is 2.70. The van der Waals surface area contributed by atoms with Crippen molar-refractivity contribution < 1.29 is 0 Å². The van der Waals surface area contributed by atoms with Crippen molar-refractivity contribution in [3.8, 4) is 0 Å². The van der Waals surface area contributed by atoms with Gasteiger partial charge in [0.1, 0.15) is 0 Å². The topological polar surface area (TPSA) is 0 Å². The lowest BCUT2D eigenvalue weighted by Gasteiger charge is -1.99. The highest BCUT2D eigenvalue weighted by Crippen LogP contribution is 2.09. The Morgan fingerprint density at radius 3 is 2.60 bits per heavy atom. The lowest BCUT2D eigenvalue weighted by atomic mass is 10.1. The van der Waals surface area contributed by atoms with Crippen LogP contribution in [0.3, 0.4) is 0 Å². The summed E-state index contributed by atoms with van der Waals surface area (Å²) in [7, 11) is 0. The maximum atomic E-state index is 3.94. The minimum Gasteiger partial charge on any atom is -0.103 e. The van der Waals surface area contributed by atoms with Crippen molar-refractivity contribution in [3.05, 3.63) is 24.8 Å². The first-order chi connectivity index (χ1) is 4.81. The third-order valence-corrected chi connectivity index (χ3v) is 1.57. The fraction of sp³-hybridized carbons (Fsp3) is 0.600. The van der Waals surface area contributed by atoms with Gasteiger partial charge in [-0.05, 0) is 19.3 Å². The molecule has 0 nitrogen and oxygen atoms in total. The normalized spacial score (nSPS) is 9.30. The molecule has 0 N–H and O–H groups in total. The minimum atomic E-state index is 0.990. The van der Waals surface area contributed by atoms with Crippen molar-refractivity contribution in [1.82, 2.24) is 0 Å². The molecular weight excluding hydrogens is 120 g/mol. The Balaban J connectivity index is 3.13. The third kappa shape index (κ3) is 5.61. The van der Waals surface area contributed by atoms with Gasteiger partial charge in [-0.15, -0.1) is 6.58 Å². The largest absolute Gasteiger partial charge is 0.103 e. The molecule has 0 saturated carbocycles. The van der Waals surface area contributed by atoms with Gasteiger partial charge in [0, 0.05) is 0 Å². The molecule has 0 aromatic rings. The summed E-state index contributed by atoms with van der Waals surface area (Å²) in [6.45, 7) is 9.83. The fourth-order valence-corrected chi connectivity index (χ4v) is 0.931. The van der Waals surface area contributed by atoms with Crippen molar-refractivity contribution >= 4 is 0 Å². The van der Waals surface area contributed by atoms with E-state index < -0.39 is 0 Å². The van der Waals surface area contributed by atoms with E-state index in [0.29, 0.717) is 0 Å². The van der Waals surface area contributed by atoms with E-state index in [4.69, 9.17) is 0 Å². The van der Waals surface area contributed by atoms with E-state index in [1.807, 2.05) is 6.08 Å². The zero-order chi connectivity index (χ0) is 7.82. The molecule has 0 atom stereocenters. The van der Waals surface area contributed by atoms with E-state index in [1.165, 1.54) is 31.3 Å². The zero-order valence-corrected chi connectivity index (χ0v) is 7.03. The van der Waals surface area contributed by atoms with Gasteiger partial charge in [-0.3, -0.25) is 0 Å². The van der Waals surface area contributed by atoms with E-state index in [1.54, 1.807) is 0 Å². The number of rotatable bonds is 6. The molecule has 0 saturated heterocycles. The lowest BCUT2D eigenvalue weighted by Crippen LogP contribution is -1.79. The molecule has 0 spiro atoms. The van der Waals surface area contributed by atoms with E-state index in [2.05, 4.69) is 20.1 Å². The molecule has 58 valence electrons. The molecule has 0 aliphatic carbocycles. The highest BCUT2D eigenvalue weighted by atomic mass is 14.0. The third-order valence-electron chi connectivity index (χ3n) is 1.57. The van der Waals surface area contributed by atoms with Gasteiger partial charge in [0.2, 0.25) is 0 Å². The first-order valence-corrected chi connectivity index (χ1v) is 4.08. The van der Waals surface area contributed by atoms with Crippen molar-refractivity contribution in [2.24, 2.45) is 0 Å². The molecule has 0 fully saturated rings. The van der Waals surface area contributed by atoms with Crippen molar-refractivity contribution in [1.29, 1.82) is 0 Å². The molecule has 0 radical (unpaired) electrons. The Kier molecular flexibility index (Phi) is 6.25. The molecule has 0 aliphatic rings. The average molecular weight is 138 g/mol. The molecule has 10 heavy (non-hydrogen) atoms. The second-order valence-corrected chi connectivity index (χ2v) is 2.70. The van der Waals surface area contributed by atoms with E-state index in [-0.39, 0.29) is 0 Å². The Morgan fingerprint density at radius 1 is 1.40 bits per heavy atom. The van der Waals surface area contributed by atoms with Crippen LogP contribution in [0.25, 0.3) is 0 Å². The van der Waals surface area contributed by atoms with E-state index in [9.17, 15) is 0 Å². The van der Waals surface area contributed by atoms with Crippen molar-refractivity contribution in [3.63, 3.8) is 0 Å². The summed E-state index contributed by atoms with van der Waals surface area (Å²) in [6.07, 6.45) is 8.01. The maximum absolute atomic E-state index is 3.94. The summed E-state index contributed by atoms with van der Waals surface area (Å²) < 4.78 is 0. The van der Waals surface area contributed by atoms with E-state index in [0.717, 1.165) is 6.42 Å². The predicted octanol–water partition coefficient (Wildman–Crippen LogP) is 3.70. The van der Waals surface area contributed by atoms with Crippen LogP contribution in [0.15, 0.2) is 24.8 Å². The van der Waals surface area contributed by atoms with Crippen LogP contribution in [0, 0.1) is 0 Å². The first kappa shape index (κ1) is 9.48. The SMILES string of the molecule is C=CCC(=C)CCCCC. The number of allylic oxidation sites excluding steroid dienone is 2. The standard InChI is InChI=1S/C10H18/c1-4-6-7-9-10(3)8-5-2/h5H,2-4,6-9H2,1H3. The molecule has 0 aromatic carbocycles. The summed E-state index contributed by atoms with van der Waals surface area (Å²) in [4.78, 5) is 0. The van der Waals surface area contributed by atoms with Gasteiger partial charge in [-0.2, -0.15) is 0 Å². The van der Waals surface area contributed by atoms with Crippen LogP contribution >= 0.6 is 0 Å². The van der Waals surface area contributed by atoms with Crippen molar-refractivity contribution in [2.45, 2.75) is 39.0 Å².